The Hall–Kier alpha value is -1.46. The lowest BCUT2D eigenvalue weighted by Gasteiger charge is -2.18. The van der Waals surface area contributed by atoms with Gasteiger partial charge in [-0.15, -0.1) is 0 Å². The number of nitrogens with one attached hydrogen (secondary N) is 1. The van der Waals surface area contributed by atoms with Gasteiger partial charge in [-0.25, -0.2) is 8.42 Å². The molecule has 1 heterocycles. The fourth-order valence-corrected chi connectivity index (χ4v) is 3.12. The third kappa shape index (κ3) is 4.02. The summed E-state index contributed by atoms with van der Waals surface area (Å²) in [5.41, 5.74) is 1.91. The Balaban J connectivity index is 2.34. The molecule has 0 spiro atoms. The molecule has 1 atom stereocenters. The fourth-order valence-electron chi connectivity index (χ4n) is 2.21. The molecule has 0 radical (unpaired) electrons. The lowest BCUT2D eigenvalue weighted by molar-refractivity contribution is 0.549. The Morgan fingerprint density at radius 2 is 2.10 bits per heavy atom. The highest BCUT2D eigenvalue weighted by Gasteiger charge is 2.17. The minimum atomic E-state index is -3.03. The van der Waals surface area contributed by atoms with E-state index in [-0.39, 0.29) is 11.8 Å². The predicted molar refractivity (Wildman–Crippen MR) is 82.5 cm³/mol. The first-order chi connectivity index (χ1) is 9.49. The van der Waals surface area contributed by atoms with Crippen molar-refractivity contribution in [3.8, 4) is 0 Å². The van der Waals surface area contributed by atoms with E-state index >= 15 is 0 Å². The van der Waals surface area contributed by atoms with Crippen molar-refractivity contribution in [1.82, 2.24) is 10.3 Å². The molecule has 1 aromatic carbocycles. The Labute approximate surface area is 120 Å². The van der Waals surface area contributed by atoms with E-state index in [4.69, 9.17) is 0 Å². The van der Waals surface area contributed by atoms with Crippen molar-refractivity contribution in [2.75, 3.05) is 18.6 Å². The van der Waals surface area contributed by atoms with Crippen LogP contribution in [-0.2, 0) is 9.84 Å². The van der Waals surface area contributed by atoms with Gasteiger partial charge < -0.3 is 5.32 Å². The quantitative estimate of drug-likeness (QED) is 0.887. The highest BCUT2D eigenvalue weighted by molar-refractivity contribution is 7.90. The van der Waals surface area contributed by atoms with Crippen LogP contribution < -0.4 is 5.32 Å². The first kappa shape index (κ1) is 14.9. The maximum Gasteiger partial charge on any atom is 0.149 e. The van der Waals surface area contributed by atoms with Crippen molar-refractivity contribution < 1.29 is 8.42 Å². The third-order valence-electron chi connectivity index (χ3n) is 3.14. The lowest BCUT2D eigenvalue weighted by atomic mass is 10.1. The van der Waals surface area contributed by atoms with Crippen LogP contribution in [0.5, 0.6) is 0 Å². The van der Waals surface area contributed by atoms with Crippen molar-refractivity contribution in [2.24, 2.45) is 0 Å². The van der Waals surface area contributed by atoms with E-state index < -0.39 is 9.84 Å². The minimum Gasteiger partial charge on any atom is -0.309 e. The van der Waals surface area contributed by atoms with Crippen LogP contribution >= 0.6 is 0 Å². The lowest BCUT2D eigenvalue weighted by Crippen LogP contribution is -2.28. The number of nitrogens with zero attached hydrogens (tertiary/aromatic N) is 1. The number of sulfone groups is 1. The predicted octanol–water partition coefficient (Wildman–Crippen LogP) is 2.32. The van der Waals surface area contributed by atoms with Crippen LogP contribution in [0.4, 0.5) is 0 Å². The molecule has 108 valence electrons. The summed E-state index contributed by atoms with van der Waals surface area (Å²) in [6.45, 7) is 2.86. The van der Waals surface area contributed by atoms with Crippen molar-refractivity contribution in [3.05, 3.63) is 42.1 Å². The zero-order chi connectivity index (χ0) is 14.6. The molecule has 2 rings (SSSR count). The number of rotatable bonds is 6. The van der Waals surface area contributed by atoms with Gasteiger partial charge in [0.2, 0.25) is 0 Å². The van der Waals surface area contributed by atoms with Gasteiger partial charge in [0, 0.05) is 23.9 Å². The van der Waals surface area contributed by atoms with Crippen LogP contribution in [0.25, 0.3) is 10.9 Å². The van der Waals surface area contributed by atoms with Gasteiger partial charge in [0.1, 0.15) is 9.84 Å². The molecule has 4 nitrogen and oxygen atoms in total. The minimum absolute atomic E-state index is 0.110. The van der Waals surface area contributed by atoms with Crippen molar-refractivity contribution >= 4 is 20.7 Å². The highest BCUT2D eigenvalue weighted by atomic mass is 32.2. The monoisotopic (exact) mass is 292 g/mol. The second-order valence-electron chi connectivity index (χ2n) is 5.05. The second kappa shape index (κ2) is 6.33. The Morgan fingerprint density at radius 3 is 2.80 bits per heavy atom. The van der Waals surface area contributed by atoms with E-state index in [0.717, 1.165) is 29.4 Å². The second-order valence-corrected chi connectivity index (χ2v) is 7.24. The Morgan fingerprint density at radius 1 is 1.30 bits per heavy atom. The molecule has 20 heavy (non-hydrogen) atoms. The molecular weight excluding hydrogens is 272 g/mol. The number of pyridine rings is 1. The van der Waals surface area contributed by atoms with Crippen LogP contribution in [0.1, 0.15) is 24.9 Å². The van der Waals surface area contributed by atoms with Crippen LogP contribution in [0.15, 0.2) is 36.5 Å². The van der Waals surface area contributed by atoms with Gasteiger partial charge in [0.25, 0.3) is 0 Å². The normalized spacial score (nSPS) is 13.5. The molecule has 0 saturated carbocycles. The molecule has 0 aliphatic rings. The SMILES string of the molecule is CCCNC(CS(C)(=O)=O)c1ccc2ncccc2c1. The highest BCUT2D eigenvalue weighted by Crippen LogP contribution is 2.20. The standard InChI is InChI=1S/C15H20N2O2S/c1-3-8-16-15(11-20(2,18)19)13-6-7-14-12(10-13)5-4-9-17-14/h4-7,9-10,15-16H,3,8,11H2,1-2H3. The number of benzene rings is 1. The summed E-state index contributed by atoms with van der Waals surface area (Å²) in [6, 6.07) is 9.61. The summed E-state index contributed by atoms with van der Waals surface area (Å²) in [5, 5.41) is 4.34. The van der Waals surface area contributed by atoms with Crippen LogP contribution in [0.2, 0.25) is 0 Å². The van der Waals surface area contributed by atoms with E-state index in [1.165, 1.54) is 6.26 Å². The first-order valence-electron chi connectivity index (χ1n) is 6.75. The molecule has 0 saturated heterocycles. The van der Waals surface area contributed by atoms with Gasteiger partial charge in [-0.2, -0.15) is 0 Å². The van der Waals surface area contributed by atoms with Gasteiger partial charge in [0.05, 0.1) is 11.3 Å². The third-order valence-corrected chi connectivity index (χ3v) is 4.08. The summed E-state index contributed by atoms with van der Waals surface area (Å²) >= 11 is 0. The van der Waals surface area contributed by atoms with Gasteiger partial charge in [-0.3, -0.25) is 4.98 Å². The number of fused-ring (bicyclic) bond motifs is 1. The Kier molecular flexibility index (Phi) is 4.73. The molecule has 1 aromatic heterocycles. The molecule has 0 aliphatic carbocycles. The maximum atomic E-state index is 11.6. The van der Waals surface area contributed by atoms with E-state index in [1.807, 2.05) is 30.3 Å². The molecule has 0 aliphatic heterocycles. The van der Waals surface area contributed by atoms with Crippen LogP contribution in [-0.4, -0.2) is 32.0 Å². The van der Waals surface area contributed by atoms with E-state index in [0.29, 0.717) is 0 Å². The number of hydrogen-bond donors (Lipinski definition) is 1. The van der Waals surface area contributed by atoms with Gasteiger partial charge >= 0.3 is 0 Å². The molecular formula is C15H20N2O2S. The molecule has 2 aromatic rings. The van der Waals surface area contributed by atoms with Gasteiger partial charge in [-0.1, -0.05) is 19.1 Å². The first-order valence-corrected chi connectivity index (χ1v) is 8.81. The number of aromatic nitrogens is 1. The average molecular weight is 292 g/mol. The zero-order valence-electron chi connectivity index (χ0n) is 11.8. The topological polar surface area (TPSA) is 59.1 Å². The average Bonchev–Trinajstić information content (AvgIpc) is 2.41. The Bertz CT molecular complexity index is 683. The summed E-state index contributed by atoms with van der Waals surface area (Å²) in [5.74, 6) is 0.110. The molecule has 1 N–H and O–H groups in total. The van der Waals surface area contributed by atoms with Gasteiger partial charge in [0.15, 0.2) is 0 Å². The molecule has 0 fully saturated rings. The zero-order valence-corrected chi connectivity index (χ0v) is 12.7. The van der Waals surface area contributed by atoms with E-state index in [1.54, 1.807) is 6.20 Å². The van der Waals surface area contributed by atoms with E-state index in [2.05, 4.69) is 17.2 Å². The van der Waals surface area contributed by atoms with Crippen LogP contribution in [0, 0.1) is 0 Å². The number of hydrogen-bond acceptors (Lipinski definition) is 4. The van der Waals surface area contributed by atoms with Crippen molar-refractivity contribution in [2.45, 2.75) is 19.4 Å². The van der Waals surface area contributed by atoms with Crippen molar-refractivity contribution in [1.29, 1.82) is 0 Å². The van der Waals surface area contributed by atoms with Gasteiger partial charge in [-0.05, 0) is 36.7 Å². The summed E-state index contributed by atoms with van der Waals surface area (Å²) < 4.78 is 23.2. The maximum absolute atomic E-state index is 11.6. The molecule has 5 heteroatoms. The largest absolute Gasteiger partial charge is 0.309 e. The molecule has 1 unspecified atom stereocenters. The van der Waals surface area contributed by atoms with Crippen molar-refractivity contribution in [3.63, 3.8) is 0 Å². The fraction of sp³-hybridized carbons (Fsp3) is 0.400. The summed E-state index contributed by atoms with van der Waals surface area (Å²) in [7, 11) is -3.03. The summed E-state index contributed by atoms with van der Waals surface area (Å²) in [6.07, 6.45) is 4.00. The molecule has 0 amide bonds. The summed E-state index contributed by atoms with van der Waals surface area (Å²) in [4.78, 5) is 4.28. The molecule has 0 bridgehead atoms. The smallest absolute Gasteiger partial charge is 0.149 e. The van der Waals surface area contributed by atoms with Crippen LogP contribution in [0.3, 0.4) is 0 Å². The van der Waals surface area contributed by atoms with E-state index in [9.17, 15) is 8.42 Å².